The van der Waals surface area contributed by atoms with Gasteiger partial charge in [-0.15, -0.1) is 0 Å². The van der Waals surface area contributed by atoms with E-state index in [4.69, 9.17) is 9.47 Å². The minimum absolute atomic E-state index is 0.531. The zero-order valence-corrected chi connectivity index (χ0v) is 12.4. The van der Waals surface area contributed by atoms with Gasteiger partial charge in [0.15, 0.2) is 11.5 Å². The summed E-state index contributed by atoms with van der Waals surface area (Å²) in [5.74, 6) is 1.45. The fourth-order valence-electron chi connectivity index (χ4n) is 2.52. The zero-order valence-electron chi connectivity index (χ0n) is 12.4. The normalized spacial score (nSPS) is 15.0. The molecule has 1 aromatic carbocycles. The smallest absolute Gasteiger partial charge is 0.161 e. The molecule has 0 amide bonds. The van der Waals surface area contributed by atoms with Crippen LogP contribution in [0.25, 0.3) is 0 Å². The van der Waals surface area contributed by atoms with Gasteiger partial charge in [-0.3, -0.25) is 4.68 Å². The molecule has 1 N–H and O–H groups in total. The number of ether oxygens (including phenoxy) is 2. The molecule has 1 atom stereocenters. The molecule has 0 saturated carbocycles. The van der Waals surface area contributed by atoms with Crippen molar-refractivity contribution in [3.05, 3.63) is 41.2 Å². The molecule has 1 unspecified atom stereocenters. The number of aromatic nitrogens is 2. The molecule has 0 fully saturated rings. The van der Waals surface area contributed by atoms with Crippen molar-refractivity contribution in [1.82, 2.24) is 9.78 Å². The molecular formula is C16H20N2O3. The van der Waals surface area contributed by atoms with E-state index in [1.165, 1.54) is 0 Å². The van der Waals surface area contributed by atoms with E-state index in [0.29, 0.717) is 25.4 Å². The summed E-state index contributed by atoms with van der Waals surface area (Å²) in [5, 5.41) is 14.9. The van der Waals surface area contributed by atoms with Gasteiger partial charge in [-0.25, -0.2) is 0 Å². The van der Waals surface area contributed by atoms with Crippen LogP contribution in [0.1, 0.15) is 30.0 Å². The number of fused-ring (bicyclic) bond motifs is 1. The number of rotatable bonds is 4. The third-order valence-corrected chi connectivity index (χ3v) is 3.74. The van der Waals surface area contributed by atoms with E-state index in [-0.39, 0.29) is 0 Å². The Hall–Kier alpha value is -2.01. The Morgan fingerprint density at radius 2 is 2.00 bits per heavy atom. The summed E-state index contributed by atoms with van der Waals surface area (Å²) in [6, 6.07) is 7.64. The van der Waals surface area contributed by atoms with Crippen LogP contribution in [0.2, 0.25) is 0 Å². The molecule has 1 aromatic heterocycles. The maximum Gasteiger partial charge on any atom is 0.161 e. The maximum atomic E-state index is 10.4. The first-order chi connectivity index (χ1) is 10.2. The molecule has 0 aliphatic carbocycles. The van der Waals surface area contributed by atoms with E-state index in [1.54, 1.807) is 0 Å². The van der Waals surface area contributed by atoms with Crippen molar-refractivity contribution in [3.8, 4) is 11.5 Å². The average molecular weight is 288 g/mol. The molecule has 3 rings (SSSR count). The lowest BCUT2D eigenvalue weighted by atomic mass is 10.0. The predicted molar refractivity (Wildman–Crippen MR) is 78.7 cm³/mol. The maximum absolute atomic E-state index is 10.4. The number of nitrogens with zero attached hydrogens (tertiary/aromatic N) is 2. The van der Waals surface area contributed by atoms with E-state index in [2.05, 4.69) is 12.0 Å². The standard InChI is InChI=1S/C16H20N2O3/c1-3-12-9-13(18(2)17-12)10-14(19)11-4-5-15-16(8-11)21-7-6-20-15/h4-5,8-9,14,19H,3,6-7,10H2,1-2H3. The monoisotopic (exact) mass is 288 g/mol. The highest BCUT2D eigenvalue weighted by Gasteiger charge is 2.17. The molecule has 1 aliphatic heterocycles. The van der Waals surface area contributed by atoms with Gasteiger partial charge in [0.2, 0.25) is 0 Å². The summed E-state index contributed by atoms with van der Waals surface area (Å²) in [6.07, 6.45) is 0.845. The molecule has 1 aliphatic rings. The largest absolute Gasteiger partial charge is 0.486 e. The van der Waals surface area contributed by atoms with E-state index >= 15 is 0 Å². The first kappa shape index (κ1) is 13.9. The lowest BCUT2D eigenvalue weighted by Gasteiger charge is -2.20. The Morgan fingerprint density at radius 3 is 2.71 bits per heavy atom. The van der Waals surface area contributed by atoms with Gasteiger partial charge in [0.25, 0.3) is 0 Å². The minimum atomic E-state index is -0.582. The van der Waals surface area contributed by atoms with E-state index < -0.39 is 6.10 Å². The number of aliphatic hydroxyl groups is 1. The van der Waals surface area contributed by atoms with Gasteiger partial charge in [-0.2, -0.15) is 5.10 Å². The molecule has 0 saturated heterocycles. The fourth-order valence-corrected chi connectivity index (χ4v) is 2.52. The number of hydrogen-bond donors (Lipinski definition) is 1. The fraction of sp³-hybridized carbons (Fsp3) is 0.438. The third-order valence-electron chi connectivity index (χ3n) is 3.74. The molecule has 0 bridgehead atoms. The van der Waals surface area contributed by atoms with E-state index in [1.807, 2.05) is 36.0 Å². The van der Waals surface area contributed by atoms with Gasteiger partial charge in [0.05, 0.1) is 11.8 Å². The van der Waals surface area contributed by atoms with Gasteiger partial charge < -0.3 is 14.6 Å². The highest BCUT2D eigenvalue weighted by molar-refractivity contribution is 5.44. The van der Waals surface area contributed by atoms with Crippen LogP contribution < -0.4 is 9.47 Å². The Labute approximate surface area is 124 Å². The van der Waals surface area contributed by atoms with Crippen molar-refractivity contribution in [2.45, 2.75) is 25.9 Å². The SMILES string of the molecule is CCc1cc(CC(O)c2ccc3c(c2)OCCO3)n(C)n1. The predicted octanol–water partition coefficient (Wildman–Crippen LogP) is 2.03. The third kappa shape index (κ3) is 2.88. The number of hydrogen-bond acceptors (Lipinski definition) is 4. The van der Waals surface area contributed by atoms with Crippen LogP contribution in [0, 0.1) is 0 Å². The summed E-state index contributed by atoms with van der Waals surface area (Å²) in [4.78, 5) is 0. The van der Waals surface area contributed by atoms with Crippen molar-refractivity contribution < 1.29 is 14.6 Å². The highest BCUT2D eigenvalue weighted by Crippen LogP contribution is 2.33. The summed E-state index contributed by atoms with van der Waals surface area (Å²) in [6.45, 7) is 3.20. The Balaban J connectivity index is 1.78. The molecule has 112 valence electrons. The Bertz CT molecular complexity index is 636. The van der Waals surface area contributed by atoms with Gasteiger partial charge in [-0.05, 0) is 30.2 Å². The summed E-state index contributed by atoms with van der Waals surface area (Å²) >= 11 is 0. The van der Waals surface area contributed by atoms with Gasteiger partial charge in [0.1, 0.15) is 13.2 Å². The Kier molecular flexibility index (Phi) is 3.84. The van der Waals surface area contributed by atoms with Crippen LogP contribution in [-0.4, -0.2) is 28.1 Å². The van der Waals surface area contributed by atoms with Crippen LogP contribution in [0.4, 0.5) is 0 Å². The van der Waals surface area contributed by atoms with Crippen LogP contribution in [0.15, 0.2) is 24.3 Å². The zero-order chi connectivity index (χ0) is 14.8. The lowest BCUT2D eigenvalue weighted by molar-refractivity contribution is 0.163. The van der Waals surface area contributed by atoms with E-state index in [9.17, 15) is 5.11 Å². The molecule has 21 heavy (non-hydrogen) atoms. The average Bonchev–Trinajstić information content (AvgIpc) is 2.87. The van der Waals surface area contributed by atoms with Gasteiger partial charge in [0, 0.05) is 19.2 Å². The molecule has 5 heteroatoms. The summed E-state index contributed by atoms with van der Waals surface area (Å²) in [5.41, 5.74) is 2.90. The first-order valence-electron chi connectivity index (χ1n) is 7.26. The molecule has 2 aromatic rings. The van der Waals surface area contributed by atoms with Crippen molar-refractivity contribution in [2.24, 2.45) is 7.05 Å². The molecule has 2 heterocycles. The molecule has 5 nitrogen and oxygen atoms in total. The van der Waals surface area contributed by atoms with Crippen molar-refractivity contribution in [3.63, 3.8) is 0 Å². The lowest BCUT2D eigenvalue weighted by Crippen LogP contribution is -2.16. The topological polar surface area (TPSA) is 56.5 Å². The molecule has 0 spiro atoms. The summed E-state index contributed by atoms with van der Waals surface area (Å²) < 4.78 is 12.9. The molecular weight excluding hydrogens is 268 g/mol. The highest BCUT2D eigenvalue weighted by atomic mass is 16.6. The number of benzene rings is 1. The number of aryl methyl sites for hydroxylation is 2. The Morgan fingerprint density at radius 1 is 1.24 bits per heavy atom. The van der Waals surface area contributed by atoms with Crippen molar-refractivity contribution >= 4 is 0 Å². The number of aliphatic hydroxyl groups excluding tert-OH is 1. The van der Waals surface area contributed by atoms with Gasteiger partial charge >= 0.3 is 0 Å². The van der Waals surface area contributed by atoms with Crippen LogP contribution in [0.5, 0.6) is 11.5 Å². The van der Waals surface area contributed by atoms with Gasteiger partial charge in [-0.1, -0.05) is 13.0 Å². The molecule has 0 radical (unpaired) electrons. The van der Waals surface area contributed by atoms with Crippen LogP contribution in [0.3, 0.4) is 0 Å². The van der Waals surface area contributed by atoms with Crippen molar-refractivity contribution in [1.29, 1.82) is 0 Å². The van der Waals surface area contributed by atoms with Crippen LogP contribution in [-0.2, 0) is 19.9 Å². The van der Waals surface area contributed by atoms with Crippen molar-refractivity contribution in [2.75, 3.05) is 13.2 Å². The second-order valence-electron chi connectivity index (χ2n) is 5.23. The minimum Gasteiger partial charge on any atom is -0.486 e. The summed E-state index contributed by atoms with van der Waals surface area (Å²) in [7, 11) is 1.91. The van der Waals surface area contributed by atoms with Crippen LogP contribution >= 0.6 is 0 Å². The van der Waals surface area contributed by atoms with E-state index in [0.717, 1.165) is 29.1 Å². The quantitative estimate of drug-likeness (QED) is 0.935. The second kappa shape index (κ2) is 5.77. The first-order valence-corrected chi connectivity index (χ1v) is 7.26. The second-order valence-corrected chi connectivity index (χ2v) is 5.23.